The molecule has 1 aliphatic carbocycles. The molecule has 3 rings (SSSR count). The first-order valence-corrected chi connectivity index (χ1v) is 8.38. The van der Waals surface area contributed by atoms with Crippen LogP contribution in [0.1, 0.15) is 37.3 Å². The molecular formula is C16H27IN6O. The van der Waals surface area contributed by atoms with Crippen LogP contribution in [-0.4, -0.2) is 46.0 Å². The molecule has 1 aliphatic heterocycles. The lowest BCUT2D eigenvalue weighted by molar-refractivity contribution is 0.113. The average molecular weight is 446 g/mol. The summed E-state index contributed by atoms with van der Waals surface area (Å²) in [5.74, 6) is 2.59. The quantitative estimate of drug-likeness (QED) is 0.312. The minimum atomic E-state index is 0. The van der Waals surface area contributed by atoms with Crippen molar-refractivity contribution in [1.29, 1.82) is 0 Å². The van der Waals surface area contributed by atoms with E-state index in [0.717, 1.165) is 56.4 Å². The normalized spacial score (nSPS) is 21.1. The minimum absolute atomic E-state index is 0. The number of aromatic nitrogens is 3. The highest BCUT2D eigenvalue weighted by Gasteiger charge is 2.17. The first-order chi connectivity index (χ1) is 11.2. The van der Waals surface area contributed by atoms with Gasteiger partial charge in [-0.15, -0.1) is 34.2 Å². The van der Waals surface area contributed by atoms with Gasteiger partial charge in [0.05, 0.1) is 6.10 Å². The second-order valence-electron chi connectivity index (χ2n) is 6.19. The van der Waals surface area contributed by atoms with Crippen molar-refractivity contribution in [1.82, 2.24) is 25.4 Å². The maximum atomic E-state index is 5.67. The predicted octanol–water partition coefficient (Wildman–Crippen LogP) is 1.67. The number of aryl methyl sites for hydroxylation is 1. The van der Waals surface area contributed by atoms with Gasteiger partial charge in [0.25, 0.3) is 0 Å². The van der Waals surface area contributed by atoms with Crippen LogP contribution in [0.25, 0.3) is 0 Å². The summed E-state index contributed by atoms with van der Waals surface area (Å²) in [5, 5.41) is 15.2. The molecule has 1 unspecified atom stereocenters. The van der Waals surface area contributed by atoms with E-state index in [-0.39, 0.29) is 24.0 Å². The lowest BCUT2D eigenvalue weighted by atomic mass is 10.2. The van der Waals surface area contributed by atoms with Crippen molar-refractivity contribution in [3.63, 3.8) is 0 Å². The Labute approximate surface area is 160 Å². The van der Waals surface area contributed by atoms with Crippen LogP contribution < -0.4 is 10.6 Å². The van der Waals surface area contributed by atoms with Gasteiger partial charge in [0.15, 0.2) is 11.8 Å². The zero-order chi connectivity index (χ0) is 16.1. The van der Waals surface area contributed by atoms with Crippen LogP contribution >= 0.6 is 24.0 Å². The lowest BCUT2D eigenvalue weighted by Gasteiger charge is -2.19. The Bertz CT molecular complexity index is 571. The lowest BCUT2D eigenvalue weighted by Crippen LogP contribution is -2.45. The molecule has 7 nitrogen and oxygen atoms in total. The number of hydrogen-bond acceptors (Lipinski definition) is 4. The highest BCUT2D eigenvalue weighted by atomic mass is 127. The van der Waals surface area contributed by atoms with Gasteiger partial charge >= 0.3 is 0 Å². The van der Waals surface area contributed by atoms with Gasteiger partial charge in [0.1, 0.15) is 12.4 Å². The largest absolute Gasteiger partial charge is 0.376 e. The highest BCUT2D eigenvalue weighted by molar-refractivity contribution is 14.0. The third-order valence-corrected chi connectivity index (χ3v) is 4.43. The van der Waals surface area contributed by atoms with Crippen LogP contribution in [0.5, 0.6) is 0 Å². The van der Waals surface area contributed by atoms with Gasteiger partial charge in [0, 0.05) is 26.2 Å². The molecular weight excluding hydrogens is 419 g/mol. The van der Waals surface area contributed by atoms with Crippen molar-refractivity contribution in [3.05, 3.63) is 23.8 Å². The third-order valence-electron chi connectivity index (χ3n) is 4.43. The summed E-state index contributed by atoms with van der Waals surface area (Å²) >= 11 is 0. The molecule has 0 saturated carbocycles. The molecule has 2 heterocycles. The van der Waals surface area contributed by atoms with E-state index < -0.39 is 0 Å². The van der Waals surface area contributed by atoms with Crippen LogP contribution in [0.4, 0.5) is 0 Å². The summed E-state index contributed by atoms with van der Waals surface area (Å²) in [6.07, 6.45) is 9.07. The molecule has 24 heavy (non-hydrogen) atoms. The average Bonchev–Trinajstić information content (AvgIpc) is 3.28. The molecule has 134 valence electrons. The molecule has 1 fully saturated rings. The summed E-state index contributed by atoms with van der Waals surface area (Å²) in [7, 11) is 1.97. The Morgan fingerprint density at radius 2 is 2.17 bits per heavy atom. The van der Waals surface area contributed by atoms with E-state index in [2.05, 4.69) is 38.0 Å². The van der Waals surface area contributed by atoms with Gasteiger partial charge in [-0.1, -0.05) is 12.2 Å². The zero-order valence-electron chi connectivity index (χ0n) is 14.4. The molecule has 0 bridgehead atoms. The topological polar surface area (TPSA) is 76.4 Å². The van der Waals surface area contributed by atoms with Gasteiger partial charge in [-0.05, 0) is 32.6 Å². The Morgan fingerprint density at radius 3 is 2.79 bits per heavy atom. The molecule has 2 aliphatic rings. The number of ether oxygens (including phenoxy) is 1. The van der Waals surface area contributed by atoms with E-state index in [9.17, 15) is 0 Å². The number of aliphatic imine (C=N–C) groups is 1. The second-order valence-corrected chi connectivity index (χ2v) is 6.19. The number of rotatable bonds is 5. The molecule has 1 aromatic heterocycles. The van der Waals surface area contributed by atoms with Crippen LogP contribution in [0.15, 0.2) is 17.1 Å². The highest BCUT2D eigenvalue weighted by Crippen LogP contribution is 2.11. The standard InChI is InChI=1S/C16H26N6O.HI/c1-12-20-21-15(22(12)2)11-18-16(19-13-6-3-4-7-13)17-10-14-8-5-9-23-14;/h3-4,13-14H,5-11H2,1-2H3,(H2,17,18,19);1H. The van der Waals surface area contributed by atoms with Crippen LogP contribution in [-0.2, 0) is 18.3 Å². The fourth-order valence-corrected chi connectivity index (χ4v) is 2.84. The van der Waals surface area contributed by atoms with E-state index in [1.54, 1.807) is 0 Å². The first kappa shape index (κ1) is 19.2. The van der Waals surface area contributed by atoms with Crippen molar-refractivity contribution in [3.8, 4) is 0 Å². The van der Waals surface area contributed by atoms with Crippen LogP contribution in [0.2, 0.25) is 0 Å². The van der Waals surface area contributed by atoms with E-state index >= 15 is 0 Å². The molecule has 0 amide bonds. The Morgan fingerprint density at radius 1 is 1.38 bits per heavy atom. The fraction of sp³-hybridized carbons (Fsp3) is 0.688. The summed E-state index contributed by atoms with van der Waals surface area (Å²) in [6.45, 7) is 4.12. The molecule has 1 saturated heterocycles. The van der Waals surface area contributed by atoms with Gasteiger partial charge < -0.3 is 19.9 Å². The molecule has 0 radical (unpaired) electrons. The smallest absolute Gasteiger partial charge is 0.192 e. The van der Waals surface area contributed by atoms with E-state index in [1.165, 1.54) is 0 Å². The maximum Gasteiger partial charge on any atom is 0.192 e. The monoisotopic (exact) mass is 446 g/mol. The number of halogens is 1. The summed E-state index contributed by atoms with van der Waals surface area (Å²) < 4.78 is 7.65. The van der Waals surface area contributed by atoms with Crippen LogP contribution in [0, 0.1) is 6.92 Å². The molecule has 0 spiro atoms. The molecule has 0 aromatic carbocycles. The van der Waals surface area contributed by atoms with E-state index in [0.29, 0.717) is 18.7 Å². The van der Waals surface area contributed by atoms with Crippen molar-refractivity contribution < 1.29 is 4.74 Å². The van der Waals surface area contributed by atoms with Crippen LogP contribution in [0.3, 0.4) is 0 Å². The van der Waals surface area contributed by atoms with Crippen molar-refractivity contribution in [2.45, 2.75) is 51.3 Å². The minimum Gasteiger partial charge on any atom is -0.376 e. The summed E-state index contributed by atoms with van der Waals surface area (Å²) in [5.41, 5.74) is 0. The second kappa shape index (κ2) is 9.36. The number of nitrogens with zero attached hydrogens (tertiary/aromatic N) is 4. The SMILES string of the molecule is Cc1nnc(CN=C(NCC2CCCO2)NC2CC=CC2)n1C.I. The Hall–Kier alpha value is -1.16. The van der Waals surface area contributed by atoms with Gasteiger partial charge in [0.2, 0.25) is 0 Å². The van der Waals surface area contributed by atoms with E-state index in [1.807, 2.05) is 18.5 Å². The van der Waals surface area contributed by atoms with Gasteiger partial charge in [-0.3, -0.25) is 0 Å². The molecule has 1 atom stereocenters. The number of nitrogens with one attached hydrogen (secondary N) is 2. The summed E-state index contributed by atoms with van der Waals surface area (Å²) in [6, 6.07) is 0.423. The molecule has 2 N–H and O–H groups in total. The number of guanidine groups is 1. The predicted molar refractivity (Wildman–Crippen MR) is 105 cm³/mol. The molecule has 1 aromatic rings. The zero-order valence-corrected chi connectivity index (χ0v) is 16.7. The van der Waals surface area contributed by atoms with Gasteiger partial charge in [-0.2, -0.15) is 0 Å². The summed E-state index contributed by atoms with van der Waals surface area (Å²) in [4.78, 5) is 4.68. The number of hydrogen-bond donors (Lipinski definition) is 2. The van der Waals surface area contributed by atoms with Crippen molar-refractivity contribution >= 4 is 29.9 Å². The van der Waals surface area contributed by atoms with E-state index in [4.69, 9.17) is 4.74 Å². The first-order valence-electron chi connectivity index (χ1n) is 8.38. The Balaban J connectivity index is 0.00000208. The van der Waals surface area contributed by atoms with Gasteiger partial charge in [-0.25, -0.2) is 4.99 Å². The third kappa shape index (κ3) is 5.17. The fourth-order valence-electron chi connectivity index (χ4n) is 2.84. The maximum absolute atomic E-state index is 5.67. The van der Waals surface area contributed by atoms with Crippen molar-refractivity contribution in [2.24, 2.45) is 12.0 Å². The van der Waals surface area contributed by atoms with Crippen molar-refractivity contribution in [2.75, 3.05) is 13.2 Å². The molecule has 8 heteroatoms. The Kier molecular flexibility index (Phi) is 7.47.